The summed E-state index contributed by atoms with van der Waals surface area (Å²) >= 11 is 0. The maximum Gasteiger partial charge on any atom is 0.253 e. The van der Waals surface area contributed by atoms with Gasteiger partial charge in [0.2, 0.25) is 0 Å². The molecular weight excluding hydrogens is 340 g/mol. The number of rotatable bonds is 5. The minimum absolute atomic E-state index is 0.0292. The molecule has 0 radical (unpaired) electrons. The summed E-state index contributed by atoms with van der Waals surface area (Å²) in [6.45, 7) is 5.80. The van der Waals surface area contributed by atoms with Crippen molar-refractivity contribution < 1.29 is 14.3 Å². The molecule has 1 aliphatic rings. The van der Waals surface area contributed by atoms with Crippen molar-refractivity contribution in [3.63, 3.8) is 0 Å². The minimum Gasteiger partial charge on any atom is -0.494 e. The Bertz CT molecular complexity index is 793. The van der Waals surface area contributed by atoms with Crippen molar-refractivity contribution in [3.05, 3.63) is 65.2 Å². The molecule has 5 heteroatoms. The molecule has 1 aliphatic heterocycles. The Morgan fingerprint density at radius 2 is 1.78 bits per heavy atom. The van der Waals surface area contributed by atoms with Gasteiger partial charge in [-0.15, -0.1) is 0 Å². The van der Waals surface area contributed by atoms with E-state index in [1.54, 1.807) is 12.1 Å². The van der Waals surface area contributed by atoms with Gasteiger partial charge in [-0.3, -0.25) is 9.59 Å². The van der Waals surface area contributed by atoms with Gasteiger partial charge in [-0.05, 0) is 63.1 Å². The molecule has 0 atom stereocenters. The van der Waals surface area contributed by atoms with Gasteiger partial charge >= 0.3 is 0 Å². The van der Waals surface area contributed by atoms with E-state index in [-0.39, 0.29) is 17.9 Å². The first-order valence-corrected chi connectivity index (χ1v) is 9.46. The number of hydrogen-bond donors (Lipinski definition) is 1. The number of likely N-dealkylation sites (tertiary alicyclic amines) is 1. The van der Waals surface area contributed by atoms with E-state index in [0.29, 0.717) is 30.8 Å². The summed E-state index contributed by atoms with van der Waals surface area (Å²) < 4.78 is 5.42. The molecule has 27 heavy (non-hydrogen) atoms. The maximum atomic E-state index is 12.7. The molecule has 1 heterocycles. The van der Waals surface area contributed by atoms with E-state index in [1.807, 2.05) is 55.1 Å². The predicted octanol–water partition coefficient (Wildman–Crippen LogP) is 3.43. The summed E-state index contributed by atoms with van der Waals surface area (Å²) in [5.74, 6) is 0.753. The lowest BCUT2D eigenvalue weighted by molar-refractivity contribution is 0.0698. The Morgan fingerprint density at radius 3 is 2.41 bits per heavy atom. The number of carbonyl (C=O) groups excluding carboxylic acids is 2. The van der Waals surface area contributed by atoms with Gasteiger partial charge in [-0.25, -0.2) is 0 Å². The summed E-state index contributed by atoms with van der Waals surface area (Å²) in [6, 6.07) is 14.9. The van der Waals surface area contributed by atoms with Crippen molar-refractivity contribution in [2.24, 2.45) is 0 Å². The van der Waals surface area contributed by atoms with Crippen LogP contribution in [0.25, 0.3) is 0 Å². The smallest absolute Gasteiger partial charge is 0.253 e. The second kappa shape index (κ2) is 8.71. The fourth-order valence-corrected chi connectivity index (χ4v) is 3.32. The highest BCUT2D eigenvalue weighted by atomic mass is 16.5. The van der Waals surface area contributed by atoms with Crippen LogP contribution in [-0.4, -0.2) is 42.5 Å². The first kappa shape index (κ1) is 19.0. The molecule has 0 aromatic heterocycles. The van der Waals surface area contributed by atoms with Crippen LogP contribution in [0.3, 0.4) is 0 Å². The molecule has 2 aromatic carbocycles. The Labute approximate surface area is 160 Å². The number of piperidine rings is 1. The monoisotopic (exact) mass is 366 g/mol. The zero-order valence-electron chi connectivity index (χ0n) is 15.9. The third-order valence-corrected chi connectivity index (χ3v) is 4.81. The number of aryl methyl sites for hydroxylation is 1. The predicted molar refractivity (Wildman–Crippen MR) is 105 cm³/mol. The van der Waals surface area contributed by atoms with E-state index in [4.69, 9.17) is 4.74 Å². The zero-order chi connectivity index (χ0) is 19.2. The molecule has 1 N–H and O–H groups in total. The van der Waals surface area contributed by atoms with Crippen LogP contribution in [0.5, 0.6) is 5.75 Å². The van der Waals surface area contributed by atoms with Crippen LogP contribution in [0.15, 0.2) is 48.5 Å². The summed E-state index contributed by atoms with van der Waals surface area (Å²) in [5.41, 5.74) is 2.42. The SMILES string of the molecule is CCOc1ccc(C(=O)N2CCC(NC(=O)c3cccc(C)c3)CC2)cc1. The van der Waals surface area contributed by atoms with Crippen LogP contribution in [-0.2, 0) is 0 Å². The molecule has 1 saturated heterocycles. The highest BCUT2D eigenvalue weighted by Crippen LogP contribution is 2.17. The lowest BCUT2D eigenvalue weighted by Gasteiger charge is -2.32. The molecule has 0 spiro atoms. The number of ether oxygens (including phenoxy) is 1. The van der Waals surface area contributed by atoms with Crippen LogP contribution >= 0.6 is 0 Å². The van der Waals surface area contributed by atoms with Crippen LogP contribution < -0.4 is 10.1 Å². The molecule has 0 bridgehead atoms. The van der Waals surface area contributed by atoms with Gasteiger partial charge in [0.05, 0.1) is 6.61 Å². The Hall–Kier alpha value is -2.82. The largest absolute Gasteiger partial charge is 0.494 e. The van der Waals surface area contributed by atoms with Gasteiger partial charge in [0.15, 0.2) is 0 Å². The van der Waals surface area contributed by atoms with Gasteiger partial charge < -0.3 is 15.0 Å². The van der Waals surface area contributed by atoms with E-state index >= 15 is 0 Å². The third kappa shape index (κ3) is 4.88. The quantitative estimate of drug-likeness (QED) is 0.882. The molecule has 2 aromatic rings. The second-order valence-electron chi connectivity index (χ2n) is 6.87. The summed E-state index contributed by atoms with van der Waals surface area (Å²) in [5, 5.41) is 3.09. The van der Waals surface area contributed by atoms with Crippen molar-refractivity contribution in [3.8, 4) is 5.75 Å². The fourth-order valence-electron chi connectivity index (χ4n) is 3.32. The van der Waals surface area contributed by atoms with Crippen LogP contribution in [0, 0.1) is 6.92 Å². The summed E-state index contributed by atoms with van der Waals surface area (Å²) in [6.07, 6.45) is 1.53. The van der Waals surface area contributed by atoms with Crippen molar-refractivity contribution >= 4 is 11.8 Å². The van der Waals surface area contributed by atoms with E-state index < -0.39 is 0 Å². The fraction of sp³-hybridized carbons (Fsp3) is 0.364. The van der Waals surface area contributed by atoms with Gasteiger partial charge in [0.25, 0.3) is 11.8 Å². The van der Waals surface area contributed by atoms with Gasteiger partial charge in [-0.1, -0.05) is 17.7 Å². The number of amides is 2. The number of carbonyl (C=O) groups is 2. The first-order valence-electron chi connectivity index (χ1n) is 9.46. The lowest BCUT2D eigenvalue weighted by Crippen LogP contribution is -2.46. The summed E-state index contributed by atoms with van der Waals surface area (Å²) in [7, 11) is 0. The topological polar surface area (TPSA) is 58.6 Å². The number of nitrogens with zero attached hydrogens (tertiary/aromatic N) is 1. The highest BCUT2D eigenvalue weighted by molar-refractivity contribution is 5.95. The van der Waals surface area contributed by atoms with Crippen LogP contribution in [0.4, 0.5) is 0 Å². The van der Waals surface area contributed by atoms with Crippen molar-refractivity contribution in [2.45, 2.75) is 32.7 Å². The molecule has 2 amide bonds. The molecule has 0 aliphatic carbocycles. The van der Waals surface area contributed by atoms with E-state index in [2.05, 4.69) is 5.32 Å². The molecular formula is C22H26N2O3. The Balaban J connectivity index is 1.52. The molecule has 142 valence electrons. The standard InChI is InChI=1S/C22H26N2O3/c1-3-27-20-9-7-17(8-10-20)22(26)24-13-11-19(12-14-24)23-21(25)18-6-4-5-16(2)15-18/h4-10,15,19H,3,11-14H2,1-2H3,(H,23,25). The molecule has 5 nitrogen and oxygen atoms in total. The number of benzene rings is 2. The molecule has 0 unspecified atom stereocenters. The Kier molecular flexibility index (Phi) is 6.12. The number of hydrogen-bond acceptors (Lipinski definition) is 3. The summed E-state index contributed by atoms with van der Waals surface area (Å²) in [4.78, 5) is 26.9. The molecule has 0 saturated carbocycles. The van der Waals surface area contributed by atoms with Crippen molar-refractivity contribution in [2.75, 3.05) is 19.7 Å². The third-order valence-electron chi connectivity index (χ3n) is 4.81. The van der Waals surface area contributed by atoms with Gasteiger partial charge in [0, 0.05) is 30.3 Å². The van der Waals surface area contributed by atoms with E-state index in [9.17, 15) is 9.59 Å². The van der Waals surface area contributed by atoms with Crippen LogP contribution in [0.2, 0.25) is 0 Å². The van der Waals surface area contributed by atoms with Crippen molar-refractivity contribution in [1.29, 1.82) is 0 Å². The van der Waals surface area contributed by atoms with E-state index in [0.717, 1.165) is 24.2 Å². The van der Waals surface area contributed by atoms with Crippen molar-refractivity contribution in [1.82, 2.24) is 10.2 Å². The number of nitrogens with one attached hydrogen (secondary N) is 1. The molecule has 3 rings (SSSR count). The highest BCUT2D eigenvalue weighted by Gasteiger charge is 2.25. The Morgan fingerprint density at radius 1 is 1.07 bits per heavy atom. The normalized spacial score (nSPS) is 14.7. The van der Waals surface area contributed by atoms with Gasteiger partial charge in [-0.2, -0.15) is 0 Å². The van der Waals surface area contributed by atoms with Gasteiger partial charge in [0.1, 0.15) is 5.75 Å². The first-order chi connectivity index (χ1) is 13.1. The second-order valence-corrected chi connectivity index (χ2v) is 6.87. The minimum atomic E-state index is -0.0463. The zero-order valence-corrected chi connectivity index (χ0v) is 15.9. The van der Waals surface area contributed by atoms with E-state index in [1.165, 1.54) is 0 Å². The maximum absolute atomic E-state index is 12.7. The average Bonchev–Trinajstić information content (AvgIpc) is 2.69. The molecule has 1 fully saturated rings. The lowest BCUT2D eigenvalue weighted by atomic mass is 10.0. The van der Waals surface area contributed by atoms with Crippen LogP contribution in [0.1, 0.15) is 46.0 Å². The average molecular weight is 366 g/mol.